The van der Waals surface area contributed by atoms with Crippen LogP contribution < -0.4 is 11.1 Å². The number of dihydropyridines is 1. The van der Waals surface area contributed by atoms with Crippen LogP contribution in [0.3, 0.4) is 0 Å². The number of carbonyl (C=O) groups is 1. The number of aliphatic hydroxyl groups excluding tert-OH is 2. The van der Waals surface area contributed by atoms with Crippen LogP contribution in [0.2, 0.25) is 0 Å². The van der Waals surface area contributed by atoms with E-state index in [0.29, 0.717) is 38.0 Å². The molecule has 0 aromatic carbocycles. The summed E-state index contributed by atoms with van der Waals surface area (Å²) in [5.41, 5.74) is 1.94. The summed E-state index contributed by atoms with van der Waals surface area (Å²) in [6, 6.07) is 0. The third-order valence-corrected chi connectivity index (χ3v) is 18.0. The maximum absolute atomic E-state index is 14.5. The quantitative estimate of drug-likeness (QED) is 0.183. The first-order chi connectivity index (χ1) is 26.2. The second-order valence-electron chi connectivity index (χ2n) is 20.5. The molecule has 9 aliphatic rings. The van der Waals surface area contributed by atoms with Crippen molar-refractivity contribution in [1.29, 1.82) is 0 Å². The van der Waals surface area contributed by atoms with E-state index in [1.54, 1.807) is 6.08 Å². The number of hydrogen-bond acceptors (Lipinski definition) is 9. The van der Waals surface area contributed by atoms with Gasteiger partial charge >= 0.3 is 0 Å². The van der Waals surface area contributed by atoms with Gasteiger partial charge in [-0.25, -0.2) is 0 Å². The highest BCUT2D eigenvalue weighted by Gasteiger charge is 2.74. The SMILES string of the molecule is CCC[C@H]1CC[C@H]2[C@@H]3CCCC[C@](O)([C@](C)(O)[C@H]4CC[C@@]5(O)C6=CC(=O)[C@@H]7C[C@@H](O)[C@@H](O)C[C@@]78C[C@@H](C7=CNC(N)C=C7)C=C[C@H](C[C@]45C)[C@@H]68)[C@@H]3O[C@@H]2CC1. The average molecular weight is 761 g/mol. The molecule has 0 aromatic heterocycles. The number of hydrogen-bond donors (Lipinski definition) is 7. The molecule has 5 saturated carbocycles. The fraction of sp³-hybridized carbons (Fsp3) is 0.804. The van der Waals surface area contributed by atoms with Crippen molar-refractivity contribution in [3.63, 3.8) is 0 Å². The number of rotatable bonds is 5. The Hall–Kier alpha value is -1.85. The van der Waals surface area contributed by atoms with Crippen molar-refractivity contribution in [2.75, 3.05) is 0 Å². The van der Waals surface area contributed by atoms with Gasteiger partial charge in [0.05, 0.1) is 41.8 Å². The fourth-order valence-electron chi connectivity index (χ4n) is 15.4. The number of ether oxygens (including phenoxy) is 1. The predicted octanol–water partition coefficient (Wildman–Crippen LogP) is 5.35. The highest BCUT2D eigenvalue weighted by Crippen LogP contribution is 2.73. The van der Waals surface area contributed by atoms with Crippen molar-refractivity contribution < 1.29 is 35.1 Å². The van der Waals surface area contributed by atoms with Crippen LogP contribution in [0.25, 0.3) is 0 Å². The molecular weight excluding hydrogens is 693 g/mol. The minimum absolute atomic E-state index is 0.0618. The van der Waals surface area contributed by atoms with E-state index in [-0.39, 0.29) is 54.6 Å². The molecule has 9 nitrogen and oxygen atoms in total. The highest BCUT2D eigenvalue weighted by atomic mass is 16.5. The summed E-state index contributed by atoms with van der Waals surface area (Å²) in [6.45, 7) is 6.22. The molecule has 18 atom stereocenters. The third kappa shape index (κ3) is 5.59. The molecule has 2 aliphatic heterocycles. The first-order valence-electron chi connectivity index (χ1n) is 22.2. The summed E-state index contributed by atoms with van der Waals surface area (Å²) < 4.78 is 7.04. The minimum Gasteiger partial charge on any atom is -0.390 e. The van der Waals surface area contributed by atoms with Gasteiger partial charge in [-0.05, 0) is 142 Å². The van der Waals surface area contributed by atoms with Crippen molar-refractivity contribution >= 4 is 5.78 Å². The molecular formula is C46H68N2O7. The summed E-state index contributed by atoms with van der Waals surface area (Å²) in [6.07, 6.45) is 22.5. The molecule has 1 saturated heterocycles. The van der Waals surface area contributed by atoms with Crippen molar-refractivity contribution in [3.8, 4) is 0 Å². The van der Waals surface area contributed by atoms with E-state index >= 15 is 0 Å². The number of allylic oxidation sites excluding steroid dienone is 5. The van der Waals surface area contributed by atoms with Crippen molar-refractivity contribution in [1.82, 2.24) is 5.32 Å². The van der Waals surface area contributed by atoms with Crippen LogP contribution in [0.1, 0.15) is 124 Å². The van der Waals surface area contributed by atoms with Crippen LogP contribution in [0.4, 0.5) is 0 Å². The molecule has 0 amide bonds. The van der Waals surface area contributed by atoms with Gasteiger partial charge in [-0.2, -0.15) is 0 Å². The Balaban J connectivity index is 1.09. The van der Waals surface area contributed by atoms with Crippen molar-refractivity contribution in [2.45, 2.75) is 171 Å². The lowest BCUT2D eigenvalue weighted by atomic mass is 9.41. The van der Waals surface area contributed by atoms with Gasteiger partial charge in [-0.15, -0.1) is 0 Å². The summed E-state index contributed by atoms with van der Waals surface area (Å²) in [5.74, 6) is -0.0290. The van der Waals surface area contributed by atoms with Crippen LogP contribution in [-0.2, 0) is 9.53 Å². The molecule has 1 spiro atoms. The molecule has 0 radical (unpaired) electrons. The number of aliphatic hydroxyl groups is 5. The van der Waals surface area contributed by atoms with E-state index in [1.165, 1.54) is 19.3 Å². The molecule has 7 aliphatic carbocycles. The third-order valence-electron chi connectivity index (χ3n) is 18.0. The van der Waals surface area contributed by atoms with Gasteiger partial charge in [0.1, 0.15) is 5.60 Å². The Morgan fingerprint density at radius 1 is 0.964 bits per heavy atom. The number of ketones is 1. The van der Waals surface area contributed by atoms with Crippen LogP contribution >= 0.6 is 0 Å². The van der Waals surface area contributed by atoms with Crippen LogP contribution in [0, 0.1) is 58.2 Å². The van der Waals surface area contributed by atoms with Gasteiger partial charge in [0.15, 0.2) is 5.78 Å². The molecule has 55 heavy (non-hydrogen) atoms. The molecule has 304 valence electrons. The summed E-state index contributed by atoms with van der Waals surface area (Å²) in [4.78, 5) is 14.5. The Morgan fingerprint density at radius 3 is 2.53 bits per heavy atom. The molecule has 0 bridgehead atoms. The lowest BCUT2D eigenvalue weighted by Gasteiger charge is -2.64. The normalized spacial score (nSPS) is 52.7. The van der Waals surface area contributed by atoms with Gasteiger partial charge in [0.25, 0.3) is 0 Å². The van der Waals surface area contributed by atoms with Crippen LogP contribution in [-0.4, -0.2) is 78.7 Å². The molecule has 8 N–H and O–H groups in total. The summed E-state index contributed by atoms with van der Waals surface area (Å²) >= 11 is 0. The monoisotopic (exact) mass is 761 g/mol. The summed E-state index contributed by atoms with van der Waals surface area (Å²) in [7, 11) is 0. The second-order valence-corrected chi connectivity index (χ2v) is 20.5. The molecule has 6 fully saturated rings. The lowest BCUT2D eigenvalue weighted by Crippen LogP contribution is -2.69. The number of nitrogens with two attached hydrogens (primary N) is 1. The predicted molar refractivity (Wildman–Crippen MR) is 210 cm³/mol. The maximum atomic E-state index is 14.5. The zero-order valence-electron chi connectivity index (χ0n) is 33.4. The molecule has 1 unspecified atom stereocenters. The van der Waals surface area contributed by atoms with E-state index in [9.17, 15) is 30.3 Å². The Bertz CT molecular complexity index is 1660. The van der Waals surface area contributed by atoms with Crippen LogP contribution in [0.15, 0.2) is 47.7 Å². The molecule has 2 heterocycles. The standard InChI is InChI=1S/C46H68N2O7/c1-4-7-26-9-14-30-31-8-5-6-18-46(54,41(31)55-37(30)15-10-26)43(3,52)38-17-19-45(53)33-21-34(49)32-20-35(50)36(51)24-44(32)23-27(29-13-16-39(47)48-25-29)11-12-28(40(33)44)22-42(38,45)2/h11-13,16,21,25-28,30-32,35-41,48,50-54H,4-10,14-15,17-20,22-24,47H2,1-3H3/t26-,27-,28+,30-,31-,32-,35+,36-,37+,38-,39?,40-,41+,42+,43+,44-,45+,46+/m0/s1. The van der Waals surface area contributed by atoms with Crippen molar-refractivity contribution in [3.05, 3.63) is 47.7 Å². The van der Waals surface area contributed by atoms with Gasteiger partial charge in [-0.3, -0.25) is 4.79 Å². The van der Waals surface area contributed by atoms with Crippen LogP contribution in [0.5, 0.6) is 0 Å². The zero-order valence-corrected chi connectivity index (χ0v) is 33.4. The van der Waals surface area contributed by atoms with Gasteiger partial charge < -0.3 is 41.3 Å². The largest absolute Gasteiger partial charge is 0.390 e. The highest BCUT2D eigenvalue weighted by molar-refractivity contribution is 5.95. The van der Waals surface area contributed by atoms with E-state index in [2.05, 4.69) is 37.4 Å². The maximum Gasteiger partial charge on any atom is 0.159 e. The Labute approximate surface area is 327 Å². The van der Waals surface area contributed by atoms with Gasteiger partial charge in [0, 0.05) is 23.5 Å². The fourth-order valence-corrected chi connectivity index (χ4v) is 15.4. The average Bonchev–Trinajstić information content (AvgIpc) is 3.38. The van der Waals surface area contributed by atoms with Gasteiger partial charge in [0.2, 0.25) is 0 Å². The number of nitrogens with one attached hydrogen (secondary N) is 1. The Morgan fingerprint density at radius 2 is 1.76 bits per heavy atom. The second kappa shape index (κ2) is 13.6. The first kappa shape index (κ1) is 38.7. The summed E-state index contributed by atoms with van der Waals surface area (Å²) in [5, 5.41) is 65.4. The lowest BCUT2D eigenvalue weighted by molar-refractivity contribution is -0.253. The number of fused-ring (bicyclic) bond motifs is 5. The molecule has 9 rings (SSSR count). The first-order valence-corrected chi connectivity index (χ1v) is 22.2. The van der Waals surface area contributed by atoms with Crippen molar-refractivity contribution in [2.24, 2.45) is 63.9 Å². The van der Waals surface area contributed by atoms with E-state index in [1.807, 2.05) is 19.2 Å². The molecule has 0 aromatic rings. The topological polar surface area (TPSA) is 166 Å². The Kier molecular flexibility index (Phi) is 9.56. The number of carbonyl (C=O) groups excluding carboxylic acids is 1. The van der Waals surface area contributed by atoms with E-state index in [4.69, 9.17) is 10.5 Å². The minimum atomic E-state index is -1.57. The molecule has 9 heteroatoms. The zero-order chi connectivity index (χ0) is 38.7. The van der Waals surface area contributed by atoms with Gasteiger partial charge in [-0.1, -0.05) is 64.2 Å². The van der Waals surface area contributed by atoms with E-state index in [0.717, 1.165) is 55.6 Å². The smallest absolute Gasteiger partial charge is 0.159 e. The van der Waals surface area contributed by atoms with E-state index < -0.39 is 57.8 Å².